The van der Waals surface area contributed by atoms with Gasteiger partial charge >= 0.3 is 6.09 Å². The number of carbonyl (C=O) groups is 1. The van der Waals surface area contributed by atoms with E-state index < -0.39 is 0 Å². The van der Waals surface area contributed by atoms with Gasteiger partial charge in [0.05, 0.1) is 0 Å². The molecule has 1 aromatic heterocycles. The molecule has 0 aliphatic carbocycles. The first-order valence-electron chi connectivity index (χ1n) is 8.69. The fourth-order valence-corrected chi connectivity index (χ4v) is 3.61. The molecular weight excluding hydrogens is 304 g/mol. The molecule has 2 aliphatic rings. The van der Waals surface area contributed by atoms with Crippen molar-refractivity contribution in [3.8, 4) is 0 Å². The van der Waals surface area contributed by atoms with Crippen LogP contribution in [0.2, 0.25) is 0 Å². The molecular formula is C18H22N4O2. The standard InChI is InChI=1S/C18H22N4O2/c23-18(24-13-14-5-2-1-3-6-14)21-11-8-15(9-12-21)17-20-19-16-7-4-10-22(16)17/h1-3,5-6,15H,4,7-13H2. The summed E-state index contributed by atoms with van der Waals surface area (Å²) in [5, 5.41) is 8.68. The Labute approximate surface area is 141 Å². The molecule has 6 heteroatoms. The first kappa shape index (κ1) is 15.2. The maximum atomic E-state index is 12.2. The summed E-state index contributed by atoms with van der Waals surface area (Å²) in [6.07, 6.45) is 3.85. The topological polar surface area (TPSA) is 60.2 Å². The van der Waals surface area contributed by atoms with Gasteiger partial charge in [-0.15, -0.1) is 10.2 Å². The monoisotopic (exact) mass is 326 g/mol. The highest BCUT2D eigenvalue weighted by molar-refractivity contribution is 5.67. The van der Waals surface area contributed by atoms with Gasteiger partial charge < -0.3 is 14.2 Å². The van der Waals surface area contributed by atoms with Crippen molar-refractivity contribution in [2.24, 2.45) is 0 Å². The van der Waals surface area contributed by atoms with Gasteiger partial charge in [0.15, 0.2) is 0 Å². The molecule has 0 spiro atoms. The molecule has 1 aromatic carbocycles. The molecule has 2 aliphatic heterocycles. The number of piperidine rings is 1. The number of benzene rings is 1. The number of nitrogens with zero attached hydrogens (tertiary/aromatic N) is 4. The highest BCUT2D eigenvalue weighted by Crippen LogP contribution is 2.29. The van der Waals surface area contributed by atoms with Gasteiger partial charge in [0.25, 0.3) is 0 Å². The summed E-state index contributed by atoms with van der Waals surface area (Å²) in [6.45, 7) is 2.81. The van der Waals surface area contributed by atoms with Gasteiger partial charge in [-0.1, -0.05) is 30.3 Å². The molecule has 0 unspecified atom stereocenters. The van der Waals surface area contributed by atoms with Crippen molar-refractivity contribution in [2.45, 2.75) is 44.8 Å². The van der Waals surface area contributed by atoms with Crippen molar-refractivity contribution in [3.63, 3.8) is 0 Å². The second-order valence-corrected chi connectivity index (χ2v) is 6.53. The van der Waals surface area contributed by atoms with Crippen molar-refractivity contribution in [1.82, 2.24) is 19.7 Å². The molecule has 0 saturated carbocycles. The van der Waals surface area contributed by atoms with Crippen molar-refractivity contribution >= 4 is 6.09 Å². The molecule has 1 fully saturated rings. The minimum atomic E-state index is -0.219. The molecule has 4 rings (SSSR count). The van der Waals surface area contributed by atoms with Crippen molar-refractivity contribution in [2.75, 3.05) is 13.1 Å². The van der Waals surface area contributed by atoms with E-state index in [4.69, 9.17) is 4.74 Å². The van der Waals surface area contributed by atoms with Crippen LogP contribution < -0.4 is 0 Å². The van der Waals surface area contributed by atoms with Gasteiger partial charge in [0.1, 0.15) is 18.3 Å². The first-order valence-corrected chi connectivity index (χ1v) is 8.69. The Balaban J connectivity index is 1.30. The largest absolute Gasteiger partial charge is 0.445 e. The molecule has 6 nitrogen and oxygen atoms in total. The Hall–Kier alpha value is -2.37. The van der Waals surface area contributed by atoms with Gasteiger partial charge in [0, 0.05) is 32.0 Å². The fraction of sp³-hybridized carbons (Fsp3) is 0.500. The molecule has 1 saturated heterocycles. The Kier molecular flexibility index (Phi) is 4.19. The SMILES string of the molecule is O=C(OCc1ccccc1)N1CCC(c2nnc3n2CCC3)CC1. The third-order valence-corrected chi connectivity index (χ3v) is 4.96. The number of likely N-dealkylation sites (tertiary alicyclic amines) is 1. The summed E-state index contributed by atoms with van der Waals surface area (Å²) in [5.41, 5.74) is 1.01. The number of hydrogen-bond donors (Lipinski definition) is 0. The van der Waals surface area contributed by atoms with Gasteiger partial charge in [-0.25, -0.2) is 4.79 Å². The van der Waals surface area contributed by atoms with Crippen molar-refractivity contribution < 1.29 is 9.53 Å². The lowest BCUT2D eigenvalue weighted by atomic mass is 9.96. The van der Waals surface area contributed by atoms with E-state index in [0.29, 0.717) is 12.5 Å². The van der Waals surface area contributed by atoms with E-state index in [-0.39, 0.29) is 6.09 Å². The molecule has 0 N–H and O–H groups in total. The molecule has 2 aromatic rings. The number of hydrogen-bond acceptors (Lipinski definition) is 4. The quantitative estimate of drug-likeness (QED) is 0.870. The van der Waals surface area contributed by atoms with Crippen LogP contribution in [0.5, 0.6) is 0 Å². The van der Waals surface area contributed by atoms with Crippen molar-refractivity contribution in [1.29, 1.82) is 0 Å². The lowest BCUT2D eigenvalue weighted by molar-refractivity contribution is 0.0864. The van der Waals surface area contributed by atoms with Gasteiger partial charge in [-0.2, -0.15) is 0 Å². The van der Waals surface area contributed by atoms with E-state index in [1.165, 1.54) is 6.42 Å². The smallest absolute Gasteiger partial charge is 0.410 e. The first-order chi connectivity index (χ1) is 11.8. The van der Waals surface area contributed by atoms with E-state index in [1.807, 2.05) is 30.3 Å². The zero-order valence-corrected chi connectivity index (χ0v) is 13.7. The number of aryl methyl sites for hydroxylation is 1. The van der Waals surface area contributed by atoms with Crippen LogP contribution in [0.15, 0.2) is 30.3 Å². The van der Waals surface area contributed by atoms with Crippen LogP contribution in [0.4, 0.5) is 4.79 Å². The molecule has 24 heavy (non-hydrogen) atoms. The average molecular weight is 326 g/mol. The van der Waals surface area contributed by atoms with E-state index in [2.05, 4.69) is 14.8 Å². The minimum Gasteiger partial charge on any atom is -0.445 e. The number of ether oxygens (including phenoxy) is 1. The Bertz CT molecular complexity index is 705. The number of fused-ring (bicyclic) bond motifs is 1. The lowest BCUT2D eigenvalue weighted by Gasteiger charge is -2.30. The minimum absolute atomic E-state index is 0.219. The summed E-state index contributed by atoms with van der Waals surface area (Å²) in [7, 11) is 0. The van der Waals surface area contributed by atoms with Crippen LogP contribution in [0, 0.1) is 0 Å². The predicted octanol–water partition coefficient (Wildman–Crippen LogP) is 2.74. The summed E-state index contributed by atoms with van der Waals surface area (Å²) >= 11 is 0. The lowest BCUT2D eigenvalue weighted by Crippen LogP contribution is -2.38. The molecule has 3 heterocycles. The van der Waals surface area contributed by atoms with E-state index in [1.54, 1.807) is 4.90 Å². The number of amides is 1. The molecule has 0 radical (unpaired) electrons. The van der Waals surface area contributed by atoms with E-state index in [0.717, 1.165) is 56.1 Å². The summed E-state index contributed by atoms with van der Waals surface area (Å²) < 4.78 is 7.69. The maximum Gasteiger partial charge on any atom is 0.410 e. The van der Waals surface area contributed by atoms with Crippen LogP contribution in [0.3, 0.4) is 0 Å². The van der Waals surface area contributed by atoms with Crippen LogP contribution >= 0.6 is 0 Å². The number of carbonyl (C=O) groups excluding carboxylic acids is 1. The third-order valence-electron chi connectivity index (χ3n) is 4.96. The predicted molar refractivity (Wildman–Crippen MR) is 88.5 cm³/mol. The zero-order chi connectivity index (χ0) is 16.4. The molecule has 0 atom stereocenters. The van der Waals surface area contributed by atoms with Gasteiger partial charge in [-0.3, -0.25) is 0 Å². The highest BCUT2D eigenvalue weighted by atomic mass is 16.6. The van der Waals surface area contributed by atoms with Crippen LogP contribution in [-0.2, 0) is 24.3 Å². The van der Waals surface area contributed by atoms with Crippen LogP contribution in [0.1, 0.15) is 42.4 Å². The fourth-order valence-electron chi connectivity index (χ4n) is 3.61. The molecule has 126 valence electrons. The second kappa shape index (κ2) is 6.63. The normalized spacial score (nSPS) is 17.8. The summed E-state index contributed by atoms with van der Waals surface area (Å²) in [6, 6.07) is 9.78. The van der Waals surface area contributed by atoms with Crippen molar-refractivity contribution in [3.05, 3.63) is 47.5 Å². The van der Waals surface area contributed by atoms with E-state index >= 15 is 0 Å². The third kappa shape index (κ3) is 3.00. The van der Waals surface area contributed by atoms with Crippen LogP contribution in [-0.4, -0.2) is 38.8 Å². The second-order valence-electron chi connectivity index (χ2n) is 6.53. The summed E-state index contributed by atoms with van der Waals surface area (Å²) in [5.74, 6) is 2.64. The zero-order valence-electron chi connectivity index (χ0n) is 13.7. The highest BCUT2D eigenvalue weighted by Gasteiger charge is 2.29. The van der Waals surface area contributed by atoms with Crippen LogP contribution in [0.25, 0.3) is 0 Å². The Morgan fingerprint density at radius 2 is 1.92 bits per heavy atom. The van der Waals surface area contributed by atoms with Gasteiger partial charge in [0.2, 0.25) is 0 Å². The van der Waals surface area contributed by atoms with E-state index in [9.17, 15) is 4.79 Å². The Morgan fingerprint density at radius 1 is 1.12 bits per heavy atom. The van der Waals surface area contributed by atoms with Gasteiger partial charge in [-0.05, 0) is 24.8 Å². The molecule has 1 amide bonds. The maximum absolute atomic E-state index is 12.2. The number of rotatable bonds is 3. The average Bonchev–Trinajstić information content (AvgIpc) is 3.24. The Morgan fingerprint density at radius 3 is 2.71 bits per heavy atom. The summed E-state index contributed by atoms with van der Waals surface area (Å²) in [4.78, 5) is 14.0. The molecule has 0 bridgehead atoms. The number of aromatic nitrogens is 3.